The molecule has 0 amide bonds. The van der Waals surface area contributed by atoms with E-state index in [1.807, 2.05) is 38.0 Å². The molecule has 0 aliphatic carbocycles. The first kappa shape index (κ1) is 13.5. The summed E-state index contributed by atoms with van der Waals surface area (Å²) < 4.78 is 1.83. The molecule has 0 saturated carbocycles. The number of hydrogen-bond acceptors (Lipinski definition) is 4. The molecule has 102 valence electrons. The van der Waals surface area contributed by atoms with Crippen LogP contribution < -0.4 is 5.32 Å². The number of aromatic nitrogens is 4. The fourth-order valence-corrected chi connectivity index (χ4v) is 1.80. The van der Waals surface area contributed by atoms with Crippen LogP contribution in [0.4, 0.5) is 5.82 Å². The standard InChI is InChI=1S/C14H21N5/c1-9-10(8-16-19(9)6)13-17-11(14(2,3)4)7-12(15-5)18-13/h7-8H,1-6H3,(H,15,17,18). The molecule has 5 heteroatoms. The van der Waals surface area contributed by atoms with E-state index >= 15 is 0 Å². The summed E-state index contributed by atoms with van der Waals surface area (Å²) in [6.07, 6.45) is 1.82. The van der Waals surface area contributed by atoms with E-state index in [1.165, 1.54) is 0 Å². The molecule has 0 aliphatic heterocycles. The van der Waals surface area contributed by atoms with Crippen LogP contribution in [0.3, 0.4) is 0 Å². The highest BCUT2D eigenvalue weighted by molar-refractivity contribution is 5.59. The summed E-state index contributed by atoms with van der Waals surface area (Å²) in [5.74, 6) is 1.56. The molecule has 2 aromatic rings. The van der Waals surface area contributed by atoms with E-state index in [0.717, 1.165) is 28.6 Å². The van der Waals surface area contributed by atoms with Gasteiger partial charge in [-0.15, -0.1) is 0 Å². The van der Waals surface area contributed by atoms with Gasteiger partial charge in [0.2, 0.25) is 0 Å². The molecule has 5 nitrogen and oxygen atoms in total. The first-order chi connectivity index (χ1) is 8.82. The van der Waals surface area contributed by atoms with Gasteiger partial charge in [-0.25, -0.2) is 9.97 Å². The minimum absolute atomic E-state index is 0.0145. The van der Waals surface area contributed by atoms with Gasteiger partial charge in [0.05, 0.1) is 17.5 Å². The van der Waals surface area contributed by atoms with Gasteiger partial charge in [0.15, 0.2) is 5.82 Å². The van der Waals surface area contributed by atoms with Crippen LogP contribution in [0.25, 0.3) is 11.4 Å². The summed E-state index contributed by atoms with van der Waals surface area (Å²) in [5.41, 5.74) is 3.04. The van der Waals surface area contributed by atoms with Crippen LogP contribution in [0.5, 0.6) is 0 Å². The lowest BCUT2D eigenvalue weighted by Crippen LogP contribution is -2.15. The van der Waals surface area contributed by atoms with Gasteiger partial charge in [0.1, 0.15) is 5.82 Å². The quantitative estimate of drug-likeness (QED) is 0.900. The second-order valence-corrected chi connectivity index (χ2v) is 5.73. The Kier molecular flexibility index (Phi) is 3.30. The smallest absolute Gasteiger partial charge is 0.165 e. The van der Waals surface area contributed by atoms with Gasteiger partial charge in [0.25, 0.3) is 0 Å². The van der Waals surface area contributed by atoms with Crippen molar-refractivity contribution < 1.29 is 0 Å². The topological polar surface area (TPSA) is 55.6 Å². The van der Waals surface area contributed by atoms with Gasteiger partial charge in [-0.1, -0.05) is 20.8 Å². The Balaban J connectivity index is 2.61. The summed E-state index contributed by atoms with van der Waals surface area (Å²) in [6.45, 7) is 8.46. The molecule has 0 unspecified atom stereocenters. The monoisotopic (exact) mass is 259 g/mol. The van der Waals surface area contributed by atoms with E-state index in [2.05, 4.69) is 36.2 Å². The fraction of sp³-hybridized carbons (Fsp3) is 0.500. The van der Waals surface area contributed by atoms with Crippen molar-refractivity contribution in [1.29, 1.82) is 0 Å². The Morgan fingerprint density at radius 2 is 1.89 bits per heavy atom. The normalized spacial score (nSPS) is 11.7. The van der Waals surface area contributed by atoms with E-state index in [9.17, 15) is 0 Å². The first-order valence-corrected chi connectivity index (χ1v) is 6.39. The number of aryl methyl sites for hydroxylation is 1. The highest BCUT2D eigenvalue weighted by Gasteiger charge is 2.19. The molecule has 0 bridgehead atoms. The predicted octanol–water partition coefficient (Wildman–Crippen LogP) is 2.52. The fourth-order valence-electron chi connectivity index (χ4n) is 1.80. The van der Waals surface area contributed by atoms with Crippen LogP contribution >= 0.6 is 0 Å². The Hall–Kier alpha value is -1.91. The highest BCUT2D eigenvalue weighted by Crippen LogP contribution is 2.26. The maximum Gasteiger partial charge on any atom is 0.165 e. The second kappa shape index (κ2) is 4.64. The average Bonchev–Trinajstić information content (AvgIpc) is 2.68. The van der Waals surface area contributed by atoms with Gasteiger partial charge >= 0.3 is 0 Å². The SMILES string of the molecule is CNc1cc(C(C)(C)C)nc(-c2cnn(C)c2C)n1. The Labute approximate surface area is 114 Å². The lowest BCUT2D eigenvalue weighted by molar-refractivity contribution is 0.568. The second-order valence-electron chi connectivity index (χ2n) is 5.73. The van der Waals surface area contributed by atoms with Crippen molar-refractivity contribution in [2.24, 2.45) is 7.05 Å². The van der Waals surface area contributed by atoms with Gasteiger partial charge in [0, 0.05) is 31.3 Å². The number of nitrogens with zero attached hydrogens (tertiary/aromatic N) is 4. The van der Waals surface area contributed by atoms with Crippen molar-refractivity contribution in [3.05, 3.63) is 23.7 Å². The molecule has 0 spiro atoms. The molecule has 0 radical (unpaired) electrons. The molecule has 0 atom stereocenters. The largest absolute Gasteiger partial charge is 0.373 e. The summed E-state index contributed by atoms with van der Waals surface area (Å²) >= 11 is 0. The molecular formula is C14H21N5. The van der Waals surface area contributed by atoms with E-state index in [4.69, 9.17) is 4.98 Å². The summed E-state index contributed by atoms with van der Waals surface area (Å²) in [5, 5.41) is 7.35. The predicted molar refractivity (Wildman–Crippen MR) is 77.2 cm³/mol. The molecule has 1 N–H and O–H groups in total. The maximum absolute atomic E-state index is 4.69. The summed E-state index contributed by atoms with van der Waals surface area (Å²) in [7, 11) is 3.79. The van der Waals surface area contributed by atoms with Crippen molar-refractivity contribution in [3.8, 4) is 11.4 Å². The zero-order valence-electron chi connectivity index (χ0n) is 12.4. The van der Waals surface area contributed by atoms with Crippen LogP contribution in [0, 0.1) is 6.92 Å². The number of anilines is 1. The third-order valence-electron chi connectivity index (χ3n) is 3.23. The molecule has 0 saturated heterocycles. The summed E-state index contributed by atoms with van der Waals surface area (Å²) in [6, 6.07) is 2.00. The third kappa shape index (κ3) is 2.59. The minimum atomic E-state index is -0.0145. The molecule has 2 rings (SSSR count). The van der Waals surface area contributed by atoms with Gasteiger partial charge < -0.3 is 5.32 Å². The van der Waals surface area contributed by atoms with Crippen molar-refractivity contribution >= 4 is 5.82 Å². The van der Waals surface area contributed by atoms with Crippen LogP contribution in [0.2, 0.25) is 0 Å². The van der Waals surface area contributed by atoms with Crippen LogP contribution in [-0.4, -0.2) is 26.8 Å². The van der Waals surface area contributed by atoms with Crippen LogP contribution in [-0.2, 0) is 12.5 Å². The van der Waals surface area contributed by atoms with E-state index in [0.29, 0.717) is 0 Å². The van der Waals surface area contributed by atoms with Gasteiger partial charge in [-0.3, -0.25) is 4.68 Å². The van der Waals surface area contributed by atoms with E-state index < -0.39 is 0 Å². The zero-order chi connectivity index (χ0) is 14.2. The molecule has 19 heavy (non-hydrogen) atoms. The Bertz CT molecular complexity index is 592. The molecule has 0 aliphatic rings. The molecule has 2 heterocycles. The summed E-state index contributed by atoms with van der Waals surface area (Å²) in [4.78, 5) is 9.23. The molecule has 0 aromatic carbocycles. The van der Waals surface area contributed by atoms with Crippen LogP contribution in [0.1, 0.15) is 32.2 Å². The molecular weight excluding hydrogens is 238 g/mol. The number of nitrogens with one attached hydrogen (secondary N) is 1. The minimum Gasteiger partial charge on any atom is -0.373 e. The maximum atomic E-state index is 4.69. The van der Waals surface area contributed by atoms with Gasteiger partial charge in [-0.2, -0.15) is 5.10 Å². The third-order valence-corrected chi connectivity index (χ3v) is 3.23. The molecule has 2 aromatic heterocycles. The molecule has 0 fully saturated rings. The van der Waals surface area contributed by atoms with Crippen molar-refractivity contribution in [2.75, 3.05) is 12.4 Å². The van der Waals surface area contributed by atoms with E-state index in [-0.39, 0.29) is 5.41 Å². The highest BCUT2D eigenvalue weighted by atomic mass is 15.3. The van der Waals surface area contributed by atoms with Crippen molar-refractivity contribution in [2.45, 2.75) is 33.1 Å². The van der Waals surface area contributed by atoms with Crippen molar-refractivity contribution in [1.82, 2.24) is 19.7 Å². The lowest BCUT2D eigenvalue weighted by Gasteiger charge is -2.19. The van der Waals surface area contributed by atoms with Crippen LogP contribution in [0.15, 0.2) is 12.3 Å². The van der Waals surface area contributed by atoms with Gasteiger partial charge in [-0.05, 0) is 6.92 Å². The number of rotatable bonds is 2. The zero-order valence-corrected chi connectivity index (χ0v) is 12.4. The van der Waals surface area contributed by atoms with E-state index in [1.54, 1.807) is 0 Å². The van der Waals surface area contributed by atoms with Crippen molar-refractivity contribution in [3.63, 3.8) is 0 Å². The lowest BCUT2D eigenvalue weighted by atomic mass is 9.92. The first-order valence-electron chi connectivity index (χ1n) is 6.39. The number of hydrogen-bond donors (Lipinski definition) is 1. The Morgan fingerprint density at radius 3 is 2.37 bits per heavy atom. The Morgan fingerprint density at radius 1 is 1.21 bits per heavy atom. The average molecular weight is 259 g/mol.